The first kappa shape index (κ1) is 15.6. The van der Waals surface area contributed by atoms with Crippen molar-refractivity contribution in [2.24, 2.45) is 0 Å². The van der Waals surface area contributed by atoms with Crippen LogP contribution < -0.4 is 0 Å². The quantitative estimate of drug-likeness (QED) is 0.637. The number of hydrogen-bond acceptors (Lipinski definition) is 5. The van der Waals surface area contributed by atoms with E-state index in [-0.39, 0.29) is 18.4 Å². The summed E-state index contributed by atoms with van der Waals surface area (Å²) >= 11 is 0. The van der Waals surface area contributed by atoms with Crippen molar-refractivity contribution in [2.45, 2.75) is 12.8 Å². The van der Waals surface area contributed by atoms with Crippen molar-refractivity contribution in [1.82, 2.24) is 5.06 Å². The molecule has 1 saturated heterocycles. The van der Waals surface area contributed by atoms with Gasteiger partial charge in [-0.15, -0.1) is 5.06 Å². The summed E-state index contributed by atoms with van der Waals surface area (Å²) < 4.78 is 0. The summed E-state index contributed by atoms with van der Waals surface area (Å²) in [7, 11) is 0. The number of imide groups is 1. The van der Waals surface area contributed by atoms with Crippen molar-refractivity contribution in [3.8, 4) is 11.1 Å². The Labute approximate surface area is 137 Å². The van der Waals surface area contributed by atoms with Gasteiger partial charge in [-0.3, -0.25) is 14.4 Å². The van der Waals surface area contributed by atoms with Crippen LogP contribution >= 0.6 is 0 Å². The van der Waals surface area contributed by atoms with Gasteiger partial charge in [0.25, 0.3) is 11.8 Å². The van der Waals surface area contributed by atoms with Gasteiger partial charge in [-0.2, -0.15) is 0 Å². The summed E-state index contributed by atoms with van der Waals surface area (Å²) in [5.41, 5.74) is 2.35. The third kappa shape index (κ3) is 3.08. The molecule has 24 heavy (non-hydrogen) atoms. The number of benzene rings is 2. The predicted molar refractivity (Wildman–Crippen MR) is 83.8 cm³/mol. The van der Waals surface area contributed by atoms with Gasteiger partial charge < -0.3 is 4.84 Å². The molecule has 0 atom stereocenters. The molecule has 3 rings (SSSR count). The summed E-state index contributed by atoms with van der Waals surface area (Å²) in [6.45, 7) is 0. The number of carbonyl (C=O) groups excluding carboxylic acids is 4. The van der Waals surface area contributed by atoms with Crippen LogP contribution in [0.5, 0.6) is 0 Å². The van der Waals surface area contributed by atoms with Gasteiger partial charge in [-0.05, 0) is 23.3 Å². The fourth-order valence-electron chi connectivity index (χ4n) is 2.37. The zero-order valence-electron chi connectivity index (χ0n) is 12.6. The molecule has 120 valence electrons. The Morgan fingerprint density at radius 2 is 1.62 bits per heavy atom. The van der Waals surface area contributed by atoms with E-state index in [1.54, 1.807) is 42.5 Å². The van der Waals surface area contributed by atoms with Gasteiger partial charge in [0, 0.05) is 18.4 Å². The van der Waals surface area contributed by atoms with E-state index in [4.69, 9.17) is 4.84 Å². The van der Waals surface area contributed by atoms with Crippen LogP contribution in [0, 0.1) is 0 Å². The van der Waals surface area contributed by atoms with Crippen LogP contribution in [0.4, 0.5) is 0 Å². The summed E-state index contributed by atoms with van der Waals surface area (Å²) in [4.78, 5) is 50.8. The smallest absolute Gasteiger partial charge is 0.325 e. The van der Waals surface area contributed by atoms with Gasteiger partial charge in [-0.25, -0.2) is 4.79 Å². The first-order valence-electron chi connectivity index (χ1n) is 7.32. The molecular formula is C18H13NO5. The summed E-state index contributed by atoms with van der Waals surface area (Å²) in [5.74, 6) is -1.81. The van der Waals surface area contributed by atoms with Crippen molar-refractivity contribution in [3.63, 3.8) is 0 Å². The lowest BCUT2D eigenvalue weighted by molar-refractivity contribution is -0.172. The van der Waals surface area contributed by atoms with Gasteiger partial charge in [0.15, 0.2) is 0 Å². The van der Waals surface area contributed by atoms with Crippen molar-refractivity contribution in [3.05, 3.63) is 59.7 Å². The second-order valence-electron chi connectivity index (χ2n) is 5.28. The lowest BCUT2D eigenvalue weighted by atomic mass is 10.0. The van der Waals surface area contributed by atoms with Gasteiger partial charge >= 0.3 is 5.97 Å². The molecule has 1 aliphatic heterocycles. The molecule has 1 fully saturated rings. The highest BCUT2D eigenvalue weighted by Gasteiger charge is 2.33. The van der Waals surface area contributed by atoms with Crippen LogP contribution in [-0.4, -0.2) is 29.1 Å². The Morgan fingerprint density at radius 3 is 2.25 bits per heavy atom. The molecule has 0 aromatic heterocycles. The molecule has 6 nitrogen and oxygen atoms in total. The number of aldehydes is 1. The first-order valence-corrected chi connectivity index (χ1v) is 7.32. The number of hydroxylamine groups is 2. The average molecular weight is 323 g/mol. The molecule has 0 aliphatic carbocycles. The Morgan fingerprint density at radius 1 is 0.958 bits per heavy atom. The van der Waals surface area contributed by atoms with E-state index in [0.717, 1.165) is 17.4 Å². The van der Waals surface area contributed by atoms with Crippen LogP contribution in [0.3, 0.4) is 0 Å². The summed E-state index contributed by atoms with van der Waals surface area (Å²) in [6.07, 6.45) is 0.853. The molecule has 0 N–H and O–H groups in total. The highest BCUT2D eigenvalue weighted by Crippen LogP contribution is 2.22. The molecule has 6 heteroatoms. The number of amides is 2. The lowest BCUT2D eigenvalue weighted by Gasteiger charge is -2.13. The van der Waals surface area contributed by atoms with E-state index in [1.165, 1.54) is 6.07 Å². The van der Waals surface area contributed by atoms with Crippen LogP contribution in [0.2, 0.25) is 0 Å². The molecule has 0 unspecified atom stereocenters. The fraction of sp³-hybridized carbons (Fsp3) is 0.111. The van der Waals surface area contributed by atoms with Crippen LogP contribution in [0.15, 0.2) is 48.5 Å². The lowest BCUT2D eigenvalue weighted by Crippen LogP contribution is -2.32. The number of nitrogens with zero attached hydrogens (tertiary/aromatic N) is 1. The summed E-state index contributed by atoms with van der Waals surface area (Å²) in [6, 6.07) is 13.5. The molecule has 0 spiro atoms. The number of hydrogen-bond donors (Lipinski definition) is 0. The molecule has 2 amide bonds. The minimum atomic E-state index is -0.773. The van der Waals surface area contributed by atoms with Gasteiger partial charge in [0.1, 0.15) is 6.29 Å². The van der Waals surface area contributed by atoms with Crippen molar-refractivity contribution in [1.29, 1.82) is 0 Å². The zero-order chi connectivity index (χ0) is 17.1. The summed E-state index contributed by atoms with van der Waals surface area (Å²) in [5, 5.41) is 0.522. The Bertz CT molecular complexity index is 810. The second kappa shape index (κ2) is 6.45. The van der Waals surface area contributed by atoms with E-state index in [2.05, 4.69) is 0 Å². The van der Waals surface area contributed by atoms with Gasteiger partial charge in [0.2, 0.25) is 0 Å². The van der Waals surface area contributed by atoms with Gasteiger partial charge in [-0.1, -0.05) is 36.4 Å². The molecule has 0 radical (unpaired) electrons. The molecular weight excluding hydrogens is 310 g/mol. The van der Waals surface area contributed by atoms with Crippen LogP contribution in [0.25, 0.3) is 11.1 Å². The topological polar surface area (TPSA) is 80.8 Å². The number of rotatable bonds is 4. The average Bonchev–Trinajstić information content (AvgIpc) is 2.94. The minimum absolute atomic E-state index is 0.0508. The Balaban J connectivity index is 1.81. The van der Waals surface area contributed by atoms with Crippen molar-refractivity contribution >= 4 is 24.1 Å². The van der Waals surface area contributed by atoms with E-state index >= 15 is 0 Å². The van der Waals surface area contributed by atoms with Crippen LogP contribution in [0.1, 0.15) is 33.6 Å². The zero-order valence-corrected chi connectivity index (χ0v) is 12.6. The van der Waals surface area contributed by atoms with Crippen LogP contribution in [-0.2, 0) is 14.4 Å². The van der Waals surface area contributed by atoms with E-state index in [9.17, 15) is 19.2 Å². The molecule has 1 heterocycles. The van der Waals surface area contributed by atoms with Crippen molar-refractivity contribution < 1.29 is 24.0 Å². The molecule has 2 aromatic rings. The minimum Gasteiger partial charge on any atom is -0.325 e. The fourth-order valence-corrected chi connectivity index (χ4v) is 2.37. The first-order chi connectivity index (χ1) is 11.6. The normalized spacial score (nSPS) is 13.9. The van der Waals surface area contributed by atoms with Gasteiger partial charge in [0.05, 0.1) is 5.56 Å². The molecule has 2 aromatic carbocycles. The maximum Gasteiger partial charge on any atom is 0.363 e. The Hall–Kier alpha value is -3.28. The standard InChI is InChI=1S/C18H13NO5/c20-11-12-4-6-13(7-5-12)14-2-1-3-15(10-14)18(23)24-19-16(21)8-9-17(19)22/h1-7,10-11H,8-9H2. The van der Waals surface area contributed by atoms with Crippen molar-refractivity contribution in [2.75, 3.05) is 0 Å². The highest BCUT2D eigenvalue weighted by atomic mass is 16.7. The number of carbonyl (C=O) groups is 4. The van der Waals surface area contributed by atoms with E-state index in [0.29, 0.717) is 10.6 Å². The van der Waals surface area contributed by atoms with E-state index in [1.807, 2.05) is 0 Å². The molecule has 0 bridgehead atoms. The third-order valence-electron chi connectivity index (χ3n) is 3.66. The third-order valence-corrected chi connectivity index (χ3v) is 3.66. The highest BCUT2D eigenvalue weighted by molar-refractivity contribution is 6.02. The Kier molecular flexibility index (Phi) is 4.20. The largest absolute Gasteiger partial charge is 0.363 e. The molecule has 1 aliphatic rings. The maximum atomic E-state index is 12.2. The maximum absolute atomic E-state index is 12.2. The second-order valence-corrected chi connectivity index (χ2v) is 5.28. The SMILES string of the molecule is O=Cc1ccc(-c2cccc(C(=O)ON3C(=O)CCC3=O)c2)cc1. The predicted octanol–water partition coefficient (Wildman–Crippen LogP) is 2.39. The monoisotopic (exact) mass is 323 g/mol. The molecule has 0 saturated carbocycles. The van der Waals surface area contributed by atoms with E-state index < -0.39 is 17.8 Å².